The Morgan fingerprint density at radius 1 is 0.938 bits per heavy atom. The number of methoxy groups -OCH3 is 1. The normalized spacial score (nSPS) is 14.7. The number of esters is 1. The largest absolute Gasteiger partial charge is 0.493 e. The van der Waals surface area contributed by atoms with Gasteiger partial charge in [0.15, 0.2) is 11.5 Å². The quantitative estimate of drug-likeness (QED) is 0.297. The zero-order valence-corrected chi connectivity index (χ0v) is 18.0. The molecule has 1 aliphatic heterocycles. The summed E-state index contributed by atoms with van der Waals surface area (Å²) in [5.74, 6) is -0.283. The number of hydrogen-bond acceptors (Lipinski definition) is 6. The van der Waals surface area contributed by atoms with Crippen LogP contribution in [0.15, 0.2) is 83.8 Å². The number of thioether (sulfide) groups is 1. The van der Waals surface area contributed by atoms with Gasteiger partial charge in [-0.25, -0.2) is 4.79 Å². The first-order valence-electron chi connectivity index (χ1n) is 9.79. The SMILES string of the molecule is COc1ccc(/C=C2\SC(=O)N(Cc3ccccc3)C2=O)cc1OC(=O)c1ccccc1. The van der Waals surface area contributed by atoms with Gasteiger partial charge in [-0.3, -0.25) is 14.5 Å². The summed E-state index contributed by atoms with van der Waals surface area (Å²) in [6.07, 6.45) is 1.61. The van der Waals surface area contributed by atoms with E-state index in [2.05, 4.69) is 0 Å². The molecule has 0 unspecified atom stereocenters. The Balaban J connectivity index is 1.56. The summed E-state index contributed by atoms with van der Waals surface area (Å²) < 4.78 is 10.8. The summed E-state index contributed by atoms with van der Waals surface area (Å²) in [6, 6.07) is 22.9. The van der Waals surface area contributed by atoms with Gasteiger partial charge in [-0.05, 0) is 53.2 Å². The molecule has 0 N–H and O–H groups in total. The number of imide groups is 1. The van der Waals surface area contributed by atoms with Crippen molar-refractivity contribution < 1.29 is 23.9 Å². The lowest BCUT2D eigenvalue weighted by molar-refractivity contribution is -0.123. The molecular weight excluding hydrogens is 426 g/mol. The van der Waals surface area contributed by atoms with Crippen LogP contribution in [0.4, 0.5) is 4.79 Å². The molecule has 0 aliphatic carbocycles. The van der Waals surface area contributed by atoms with Crippen molar-refractivity contribution in [2.24, 2.45) is 0 Å². The van der Waals surface area contributed by atoms with E-state index in [0.29, 0.717) is 21.8 Å². The minimum atomic E-state index is -0.524. The van der Waals surface area contributed by atoms with E-state index in [1.165, 1.54) is 12.0 Å². The van der Waals surface area contributed by atoms with Gasteiger partial charge in [0.25, 0.3) is 11.1 Å². The summed E-state index contributed by atoms with van der Waals surface area (Å²) in [5.41, 5.74) is 1.88. The maximum atomic E-state index is 12.8. The lowest BCUT2D eigenvalue weighted by atomic mass is 10.1. The minimum Gasteiger partial charge on any atom is -0.493 e. The van der Waals surface area contributed by atoms with E-state index in [-0.39, 0.29) is 23.4 Å². The van der Waals surface area contributed by atoms with Gasteiger partial charge >= 0.3 is 5.97 Å². The highest BCUT2D eigenvalue weighted by atomic mass is 32.2. The molecule has 0 atom stereocenters. The number of benzene rings is 3. The highest BCUT2D eigenvalue weighted by molar-refractivity contribution is 8.18. The van der Waals surface area contributed by atoms with Crippen LogP contribution in [-0.2, 0) is 11.3 Å². The molecule has 7 heteroatoms. The summed E-state index contributed by atoms with van der Waals surface area (Å²) in [5, 5.41) is -0.325. The van der Waals surface area contributed by atoms with Crippen molar-refractivity contribution in [3.63, 3.8) is 0 Å². The molecule has 6 nitrogen and oxygen atoms in total. The third kappa shape index (κ3) is 4.73. The summed E-state index contributed by atoms with van der Waals surface area (Å²) in [7, 11) is 1.48. The molecule has 1 aliphatic rings. The molecule has 1 saturated heterocycles. The molecule has 1 heterocycles. The zero-order valence-electron chi connectivity index (χ0n) is 17.2. The summed E-state index contributed by atoms with van der Waals surface area (Å²) in [4.78, 5) is 39.2. The predicted molar refractivity (Wildman–Crippen MR) is 122 cm³/mol. The summed E-state index contributed by atoms with van der Waals surface area (Å²) in [6.45, 7) is 0.214. The van der Waals surface area contributed by atoms with E-state index < -0.39 is 5.97 Å². The smallest absolute Gasteiger partial charge is 0.343 e. The third-order valence-corrected chi connectivity index (χ3v) is 5.66. The number of hydrogen-bond donors (Lipinski definition) is 0. The molecule has 0 bridgehead atoms. The third-order valence-electron chi connectivity index (χ3n) is 4.75. The maximum absolute atomic E-state index is 12.8. The van der Waals surface area contributed by atoms with Crippen molar-refractivity contribution in [1.82, 2.24) is 4.90 Å². The monoisotopic (exact) mass is 445 g/mol. The Labute approximate surface area is 189 Å². The van der Waals surface area contributed by atoms with Gasteiger partial charge in [0.05, 0.1) is 24.1 Å². The van der Waals surface area contributed by atoms with E-state index in [1.54, 1.807) is 48.5 Å². The van der Waals surface area contributed by atoms with E-state index >= 15 is 0 Å². The van der Waals surface area contributed by atoms with Gasteiger partial charge in [-0.1, -0.05) is 54.6 Å². The highest BCUT2D eigenvalue weighted by Crippen LogP contribution is 2.35. The maximum Gasteiger partial charge on any atom is 0.343 e. The van der Waals surface area contributed by atoms with Crippen LogP contribution >= 0.6 is 11.8 Å². The molecule has 4 rings (SSSR count). The first-order chi connectivity index (χ1) is 15.5. The van der Waals surface area contributed by atoms with E-state index in [4.69, 9.17) is 9.47 Å². The van der Waals surface area contributed by atoms with Crippen molar-refractivity contribution in [2.45, 2.75) is 6.54 Å². The van der Waals surface area contributed by atoms with Crippen molar-refractivity contribution in [3.8, 4) is 11.5 Å². The molecule has 3 aromatic carbocycles. The Morgan fingerprint density at radius 2 is 1.62 bits per heavy atom. The van der Waals surface area contributed by atoms with Gasteiger partial charge in [-0.2, -0.15) is 0 Å². The van der Waals surface area contributed by atoms with Crippen LogP contribution in [0.2, 0.25) is 0 Å². The number of rotatable bonds is 6. The van der Waals surface area contributed by atoms with Gasteiger partial charge in [0.1, 0.15) is 0 Å². The van der Waals surface area contributed by atoms with Crippen molar-refractivity contribution in [3.05, 3.63) is 100 Å². The molecule has 160 valence electrons. The van der Waals surface area contributed by atoms with Crippen LogP contribution in [0.25, 0.3) is 6.08 Å². The second-order valence-corrected chi connectivity index (χ2v) is 7.91. The number of carbonyl (C=O) groups excluding carboxylic acids is 3. The van der Waals surface area contributed by atoms with Crippen LogP contribution in [0.5, 0.6) is 11.5 Å². The second kappa shape index (κ2) is 9.53. The number of carbonyl (C=O) groups is 3. The van der Waals surface area contributed by atoms with Crippen molar-refractivity contribution in [2.75, 3.05) is 7.11 Å². The highest BCUT2D eigenvalue weighted by Gasteiger charge is 2.35. The fraction of sp³-hybridized carbons (Fsp3) is 0.0800. The molecular formula is C25H19NO5S. The van der Waals surface area contributed by atoms with Gasteiger partial charge < -0.3 is 9.47 Å². The standard InChI is InChI=1S/C25H19NO5S/c1-30-20-13-12-18(14-21(20)31-24(28)19-10-6-3-7-11-19)15-22-23(27)26(25(29)32-22)16-17-8-4-2-5-9-17/h2-15H,16H2,1H3/b22-15-. The predicted octanol–water partition coefficient (Wildman–Crippen LogP) is 5.15. The van der Waals surface area contributed by atoms with E-state index in [0.717, 1.165) is 17.3 Å². The van der Waals surface area contributed by atoms with Crippen LogP contribution in [0, 0.1) is 0 Å². The zero-order chi connectivity index (χ0) is 22.5. The number of nitrogens with zero attached hydrogens (tertiary/aromatic N) is 1. The van der Waals surface area contributed by atoms with Gasteiger partial charge in [-0.15, -0.1) is 0 Å². The minimum absolute atomic E-state index is 0.214. The van der Waals surface area contributed by atoms with Crippen LogP contribution in [0.3, 0.4) is 0 Å². The van der Waals surface area contributed by atoms with Crippen LogP contribution < -0.4 is 9.47 Å². The number of amides is 2. The molecule has 1 fully saturated rings. The van der Waals surface area contributed by atoms with Gasteiger partial charge in [0.2, 0.25) is 0 Å². The molecule has 3 aromatic rings. The average molecular weight is 445 g/mol. The lowest BCUT2D eigenvalue weighted by Crippen LogP contribution is -2.27. The van der Waals surface area contributed by atoms with Crippen molar-refractivity contribution >= 4 is 35.0 Å². The Hall–Kier alpha value is -3.84. The number of ether oxygens (including phenoxy) is 2. The Morgan fingerprint density at radius 3 is 2.31 bits per heavy atom. The fourth-order valence-electron chi connectivity index (χ4n) is 3.15. The molecule has 2 amide bonds. The molecule has 0 spiro atoms. The first-order valence-corrected chi connectivity index (χ1v) is 10.6. The second-order valence-electron chi connectivity index (χ2n) is 6.92. The molecule has 0 radical (unpaired) electrons. The molecule has 0 aromatic heterocycles. The van der Waals surface area contributed by atoms with Crippen molar-refractivity contribution in [1.29, 1.82) is 0 Å². The molecule has 0 saturated carbocycles. The molecule has 32 heavy (non-hydrogen) atoms. The fourth-order valence-corrected chi connectivity index (χ4v) is 3.99. The Kier molecular flexibility index (Phi) is 6.37. The Bertz CT molecular complexity index is 1190. The average Bonchev–Trinajstić information content (AvgIpc) is 3.08. The van der Waals surface area contributed by atoms with Crippen LogP contribution in [-0.4, -0.2) is 29.1 Å². The van der Waals surface area contributed by atoms with Gasteiger partial charge in [0, 0.05) is 0 Å². The summed E-state index contributed by atoms with van der Waals surface area (Å²) >= 11 is 0.882. The van der Waals surface area contributed by atoms with Crippen LogP contribution in [0.1, 0.15) is 21.5 Å². The van der Waals surface area contributed by atoms with E-state index in [1.807, 2.05) is 36.4 Å². The topological polar surface area (TPSA) is 72.9 Å². The van der Waals surface area contributed by atoms with E-state index in [9.17, 15) is 14.4 Å². The first kappa shape index (κ1) is 21.4. The lowest BCUT2D eigenvalue weighted by Gasteiger charge is -2.12.